The van der Waals surface area contributed by atoms with E-state index in [1.54, 1.807) is 4.90 Å². The molecule has 0 radical (unpaired) electrons. The summed E-state index contributed by atoms with van der Waals surface area (Å²) in [6.07, 6.45) is 1.63. The Bertz CT molecular complexity index is 908. The molecule has 138 valence electrons. The van der Waals surface area contributed by atoms with Gasteiger partial charge in [0.05, 0.1) is 10.8 Å². The van der Waals surface area contributed by atoms with Gasteiger partial charge in [0.25, 0.3) is 5.91 Å². The Kier molecular flexibility index (Phi) is 5.26. The summed E-state index contributed by atoms with van der Waals surface area (Å²) in [5.41, 5.74) is 2.54. The van der Waals surface area contributed by atoms with E-state index < -0.39 is 0 Å². The highest BCUT2D eigenvalue weighted by Gasteiger charge is 2.29. The monoisotopic (exact) mass is 398 g/mol. The SMILES string of the molecule is O=C(Nc1ccc(-c2csnn2)cc1)[C@H]1CCCN(C(=O)c2cccs2)C1. The van der Waals surface area contributed by atoms with Crippen molar-refractivity contribution in [3.63, 3.8) is 0 Å². The van der Waals surface area contributed by atoms with Gasteiger partial charge in [-0.2, -0.15) is 0 Å². The molecule has 8 heteroatoms. The van der Waals surface area contributed by atoms with Gasteiger partial charge in [-0.1, -0.05) is 22.7 Å². The van der Waals surface area contributed by atoms with E-state index in [9.17, 15) is 9.59 Å². The summed E-state index contributed by atoms with van der Waals surface area (Å²) in [5, 5.41) is 10.8. The van der Waals surface area contributed by atoms with Gasteiger partial charge in [-0.15, -0.1) is 16.4 Å². The average Bonchev–Trinajstić information content (AvgIpc) is 3.42. The van der Waals surface area contributed by atoms with Crippen LogP contribution in [-0.4, -0.2) is 39.4 Å². The highest BCUT2D eigenvalue weighted by molar-refractivity contribution is 7.12. The summed E-state index contributed by atoms with van der Waals surface area (Å²) in [4.78, 5) is 27.7. The fourth-order valence-electron chi connectivity index (χ4n) is 3.19. The van der Waals surface area contributed by atoms with E-state index in [0.29, 0.717) is 13.1 Å². The van der Waals surface area contributed by atoms with Crippen molar-refractivity contribution in [3.05, 3.63) is 52.0 Å². The third-order valence-corrected chi connectivity index (χ3v) is 5.98. The number of hydrogen-bond donors (Lipinski definition) is 1. The van der Waals surface area contributed by atoms with E-state index in [1.807, 2.05) is 47.2 Å². The highest BCUT2D eigenvalue weighted by atomic mass is 32.1. The van der Waals surface area contributed by atoms with Crippen LogP contribution in [0.2, 0.25) is 0 Å². The Morgan fingerprint density at radius 1 is 1.19 bits per heavy atom. The molecule has 2 aromatic heterocycles. The van der Waals surface area contributed by atoms with Crippen molar-refractivity contribution in [1.82, 2.24) is 14.5 Å². The molecule has 3 heterocycles. The van der Waals surface area contributed by atoms with Gasteiger partial charge in [-0.25, -0.2) is 0 Å². The maximum absolute atomic E-state index is 12.7. The summed E-state index contributed by atoms with van der Waals surface area (Å²) in [6.45, 7) is 1.17. The Labute approximate surface area is 165 Å². The lowest BCUT2D eigenvalue weighted by molar-refractivity contribution is -0.121. The predicted molar refractivity (Wildman–Crippen MR) is 107 cm³/mol. The van der Waals surface area contributed by atoms with Gasteiger partial charge in [-0.05, 0) is 48.0 Å². The molecule has 3 aromatic rings. The van der Waals surface area contributed by atoms with Crippen LogP contribution in [0.1, 0.15) is 22.5 Å². The lowest BCUT2D eigenvalue weighted by Gasteiger charge is -2.31. The molecule has 1 N–H and O–H groups in total. The minimum Gasteiger partial charge on any atom is -0.337 e. The number of rotatable bonds is 4. The normalized spacial score (nSPS) is 16.9. The number of aromatic nitrogens is 2. The number of anilines is 1. The molecule has 0 unspecified atom stereocenters. The topological polar surface area (TPSA) is 75.2 Å². The van der Waals surface area contributed by atoms with Crippen molar-refractivity contribution >= 4 is 40.4 Å². The van der Waals surface area contributed by atoms with Gasteiger partial charge in [0.2, 0.25) is 5.91 Å². The van der Waals surface area contributed by atoms with Crippen molar-refractivity contribution in [2.24, 2.45) is 5.92 Å². The quantitative estimate of drug-likeness (QED) is 0.726. The maximum atomic E-state index is 12.7. The molecule has 1 aliphatic heterocycles. The molecule has 0 aliphatic carbocycles. The number of likely N-dealkylation sites (tertiary alicyclic amines) is 1. The third-order valence-electron chi connectivity index (χ3n) is 4.62. The molecule has 4 rings (SSSR count). The van der Waals surface area contributed by atoms with Gasteiger partial charge in [-0.3, -0.25) is 9.59 Å². The maximum Gasteiger partial charge on any atom is 0.263 e. The Balaban J connectivity index is 1.38. The van der Waals surface area contributed by atoms with Crippen LogP contribution in [-0.2, 0) is 4.79 Å². The zero-order chi connectivity index (χ0) is 18.6. The highest BCUT2D eigenvalue weighted by Crippen LogP contribution is 2.23. The average molecular weight is 399 g/mol. The summed E-state index contributed by atoms with van der Waals surface area (Å²) >= 11 is 2.74. The molecule has 1 aromatic carbocycles. The van der Waals surface area contributed by atoms with Crippen LogP contribution in [0.3, 0.4) is 0 Å². The zero-order valence-corrected chi connectivity index (χ0v) is 16.1. The van der Waals surface area contributed by atoms with E-state index >= 15 is 0 Å². The minimum absolute atomic E-state index is 0.0173. The summed E-state index contributed by atoms with van der Waals surface area (Å²) in [7, 11) is 0. The molecular formula is C19H18N4O2S2. The number of nitrogens with one attached hydrogen (secondary N) is 1. The van der Waals surface area contributed by atoms with E-state index in [4.69, 9.17) is 0 Å². The third kappa shape index (κ3) is 4.06. The fourth-order valence-corrected chi connectivity index (χ4v) is 4.35. The molecule has 0 saturated carbocycles. The van der Waals surface area contributed by atoms with E-state index in [2.05, 4.69) is 14.9 Å². The van der Waals surface area contributed by atoms with Gasteiger partial charge in [0, 0.05) is 29.7 Å². The number of carbonyl (C=O) groups excluding carboxylic acids is 2. The first-order valence-corrected chi connectivity index (χ1v) is 10.4. The van der Waals surface area contributed by atoms with Crippen LogP contribution < -0.4 is 5.32 Å². The zero-order valence-electron chi connectivity index (χ0n) is 14.5. The molecule has 27 heavy (non-hydrogen) atoms. The van der Waals surface area contributed by atoms with Crippen LogP contribution >= 0.6 is 22.9 Å². The number of benzene rings is 1. The minimum atomic E-state index is -0.190. The standard InChI is InChI=1S/C19H18N4O2S2/c24-18(20-15-7-5-13(6-8-15)16-12-27-22-21-16)14-3-1-9-23(11-14)19(25)17-4-2-10-26-17/h2,4-8,10,12,14H,1,3,9,11H2,(H,20,24)/t14-/m0/s1. The fraction of sp³-hybridized carbons (Fsp3) is 0.263. The second-order valence-electron chi connectivity index (χ2n) is 6.42. The number of nitrogens with zero attached hydrogens (tertiary/aromatic N) is 3. The smallest absolute Gasteiger partial charge is 0.263 e. The van der Waals surface area contributed by atoms with Crippen LogP contribution in [0, 0.1) is 5.92 Å². The van der Waals surface area contributed by atoms with E-state index in [1.165, 1.54) is 22.9 Å². The lowest BCUT2D eigenvalue weighted by atomic mass is 9.96. The van der Waals surface area contributed by atoms with Crippen molar-refractivity contribution in [1.29, 1.82) is 0 Å². The van der Waals surface area contributed by atoms with E-state index in [-0.39, 0.29) is 17.7 Å². The number of piperidine rings is 1. The number of thiophene rings is 1. The number of carbonyl (C=O) groups is 2. The molecular weight excluding hydrogens is 380 g/mol. The summed E-state index contributed by atoms with van der Waals surface area (Å²) in [6, 6.07) is 11.3. The van der Waals surface area contributed by atoms with Crippen LogP contribution in [0.4, 0.5) is 5.69 Å². The molecule has 0 bridgehead atoms. The first kappa shape index (κ1) is 17.8. The van der Waals surface area contributed by atoms with Crippen LogP contribution in [0.5, 0.6) is 0 Å². The first-order chi connectivity index (χ1) is 13.2. The Hall–Kier alpha value is -2.58. The van der Waals surface area contributed by atoms with Crippen molar-refractivity contribution in [2.45, 2.75) is 12.8 Å². The molecule has 2 amide bonds. The molecule has 1 aliphatic rings. The van der Waals surface area contributed by atoms with Gasteiger partial charge < -0.3 is 10.2 Å². The van der Waals surface area contributed by atoms with Crippen LogP contribution in [0.25, 0.3) is 11.3 Å². The number of amides is 2. The first-order valence-electron chi connectivity index (χ1n) is 8.72. The predicted octanol–water partition coefficient (Wildman–Crippen LogP) is 3.76. The molecule has 1 atom stereocenters. The van der Waals surface area contributed by atoms with Crippen molar-refractivity contribution < 1.29 is 9.59 Å². The molecule has 1 fully saturated rings. The number of hydrogen-bond acceptors (Lipinski definition) is 6. The second kappa shape index (κ2) is 7.98. The van der Waals surface area contributed by atoms with Gasteiger partial charge >= 0.3 is 0 Å². The van der Waals surface area contributed by atoms with Crippen molar-refractivity contribution in [2.75, 3.05) is 18.4 Å². The molecule has 0 spiro atoms. The Morgan fingerprint density at radius 2 is 2.04 bits per heavy atom. The largest absolute Gasteiger partial charge is 0.337 e. The van der Waals surface area contributed by atoms with Crippen molar-refractivity contribution in [3.8, 4) is 11.3 Å². The molecule has 1 saturated heterocycles. The Morgan fingerprint density at radius 3 is 2.74 bits per heavy atom. The molecule has 6 nitrogen and oxygen atoms in total. The van der Waals surface area contributed by atoms with E-state index in [0.717, 1.165) is 34.7 Å². The summed E-state index contributed by atoms with van der Waals surface area (Å²) in [5.74, 6) is -0.212. The van der Waals surface area contributed by atoms with Crippen LogP contribution in [0.15, 0.2) is 47.2 Å². The summed E-state index contributed by atoms with van der Waals surface area (Å²) < 4.78 is 3.86. The van der Waals surface area contributed by atoms with Gasteiger partial charge in [0.15, 0.2) is 0 Å². The lowest BCUT2D eigenvalue weighted by Crippen LogP contribution is -2.43. The second-order valence-corrected chi connectivity index (χ2v) is 7.98. The van der Waals surface area contributed by atoms with Gasteiger partial charge in [0.1, 0.15) is 5.69 Å².